The van der Waals surface area contributed by atoms with Gasteiger partial charge in [-0.25, -0.2) is 8.78 Å². The highest BCUT2D eigenvalue weighted by Gasteiger charge is 2.45. The molecule has 1 saturated heterocycles. The smallest absolute Gasteiger partial charge is 0.282 e. The monoisotopic (exact) mass is 217 g/mol. The molecule has 0 aromatic rings. The van der Waals surface area contributed by atoms with Crippen LogP contribution in [0.3, 0.4) is 0 Å². The van der Waals surface area contributed by atoms with Gasteiger partial charge in [-0.15, -0.1) is 0 Å². The van der Waals surface area contributed by atoms with Crippen molar-refractivity contribution in [3.8, 4) is 0 Å². The van der Waals surface area contributed by atoms with E-state index in [-0.39, 0.29) is 11.8 Å². The lowest BCUT2D eigenvalue weighted by Crippen LogP contribution is -2.58. The van der Waals surface area contributed by atoms with Gasteiger partial charge in [-0.05, 0) is 17.9 Å². The van der Waals surface area contributed by atoms with E-state index in [4.69, 9.17) is 0 Å². The molecule has 0 saturated carbocycles. The Morgan fingerprint density at radius 2 is 1.87 bits per heavy atom. The summed E-state index contributed by atoms with van der Waals surface area (Å²) >= 11 is 0. The first-order valence-corrected chi connectivity index (χ1v) is 5.17. The summed E-state index contributed by atoms with van der Waals surface area (Å²) in [5, 5.41) is 0. The Balaban J connectivity index is 2.37. The minimum Gasteiger partial charge on any atom is -0.327 e. The van der Waals surface area contributed by atoms with Gasteiger partial charge in [0, 0.05) is 0 Å². The van der Waals surface area contributed by atoms with Crippen molar-refractivity contribution in [3.63, 3.8) is 0 Å². The van der Waals surface area contributed by atoms with Crippen molar-refractivity contribution in [1.29, 1.82) is 0 Å². The molecule has 0 N–H and O–H groups in total. The van der Waals surface area contributed by atoms with E-state index < -0.39 is 19.0 Å². The van der Waals surface area contributed by atoms with Gasteiger partial charge in [-0.2, -0.15) is 0 Å². The van der Waals surface area contributed by atoms with E-state index in [9.17, 15) is 13.6 Å². The normalized spacial score (nSPS) is 21.9. The number of alkyl halides is 2. The highest BCUT2D eigenvalue weighted by Crippen LogP contribution is 2.26. The Kier molecular flexibility index (Phi) is 3.47. The number of rotatable bonds is 3. The molecule has 1 fully saturated rings. The van der Waals surface area contributed by atoms with Crippen LogP contribution in [-0.2, 0) is 4.79 Å². The molecule has 15 heavy (non-hydrogen) atoms. The van der Waals surface area contributed by atoms with E-state index in [0.717, 1.165) is 4.90 Å². The lowest BCUT2D eigenvalue weighted by Gasteiger charge is -2.38. The van der Waals surface area contributed by atoms with Gasteiger partial charge in [-0.1, -0.05) is 26.8 Å². The first-order valence-electron chi connectivity index (χ1n) is 5.17. The third-order valence-electron chi connectivity index (χ3n) is 2.75. The lowest BCUT2D eigenvalue weighted by molar-refractivity contribution is -0.160. The fraction of sp³-hybridized carbons (Fsp3) is 0.727. The summed E-state index contributed by atoms with van der Waals surface area (Å²) < 4.78 is 24.9. The van der Waals surface area contributed by atoms with Gasteiger partial charge in [0.05, 0.1) is 13.1 Å². The number of halogens is 2. The summed E-state index contributed by atoms with van der Waals surface area (Å²) in [4.78, 5) is 12.5. The van der Waals surface area contributed by atoms with E-state index in [1.165, 1.54) is 6.08 Å². The lowest BCUT2D eigenvalue weighted by atomic mass is 9.97. The molecule has 1 aliphatic heterocycles. The maximum atomic E-state index is 12.5. The van der Waals surface area contributed by atoms with Gasteiger partial charge < -0.3 is 4.90 Å². The average Bonchev–Trinajstić information content (AvgIpc) is 2.09. The zero-order valence-corrected chi connectivity index (χ0v) is 9.34. The minimum atomic E-state index is -2.67. The molecule has 0 spiro atoms. The van der Waals surface area contributed by atoms with Crippen LogP contribution in [0.2, 0.25) is 0 Å². The fourth-order valence-electron chi connectivity index (χ4n) is 1.23. The van der Waals surface area contributed by atoms with Crippen molar-refractivity contribution < 1.29 is 13.6 Å². The summed E-state index contributed by atoms with van der Waals surface area (Å²) in [6.07, 6.45) is 3.18. The highest BCUT2D eigenvalue weighted by molar-refractivity contribution is 5.88. The summed E-state index contributed by atoms with van der Waals surface area (Å²) in [6, 6.07) is 0. The molecule has 86 valence electrons. The third kappa shape index (κ3) is 3.29. The van der Waals surface area contributed by atoms with Gasteiger partial charge in [0.1, 0.15) is 0 Å². The maximum Gasteiger partial charge on any atom is 0.282 e. The molecule has 0 aromatic heterocycles. The van der Waals surface area contributed by atoms with Crippen LogP contribution in [0.25, 0.3) is 0 Å². The molecule has 1 heterocycles. The first-order chi connectivity index (χ1) is 6.82. The zero-order valence-electron chi connectivity index (χ0n) is 9.34. The minimum absolute atomic E-state index is 0.288. The summed E-state index contributed by atoms with van der Waals surface area (Å²) in [5.74, 6) is -2.25. The van der Waals surface area contributed by atoms with Crippen LogP contribution in [0.1, 0.15) is 20.8 Å². The number of allylic oxidation sites excluding steroid dienone is 1. The largest absolute Gasteiger partial charge is 0.327 e. The van der Waals surface area contributed by atoms with E-state index >= 15 is 0 Å². The maximum absolute atomic E-state index is 12.5. The van der Waals surface area contributed by atoms with Gasteiger partial charge in [0.2, 0.25) is 5.91 Å². The van der Waals surface area contributed by atoms with Crippen LogP contribution in [0.5, 0.6) is 0 Å². The zero-order chi connectivity index (χ0) is 11.6. The molecule has 0 unspecified atom stereocenters. The molecule has 1 aliphatic rings. The van der Waals surface area contributed by atoms with Crippen molar-refractivity contribution in [2.75, 3.05) is 13.1 Å². The van der Waals surface area contributed by atoms with Crippen LogP contribution >= 0.6 is 0 Å². The molecule has 0 aliphatic carbocycles. The Morgan fingerprint density at radius 1 is 1.33 bits per heavy atom. The van der Waals surface area contributed by atoms with E-state index in [1.807, 2.05) is 6.92 Å². The Morgan fingerprint density at radius 3 is 2.27 bits per heavy atom. The van der Waals surface area contributed by atoms with Crippen LogP contribution in [0.15, 0.2) is 12.2 Å². The molecule has 2 nitrogen and oxygen atoms in total. The van der Waals surface area contributed by atoms with E-state index in [0.29, 0.717) is 5.92 Å². The summed E-state index contributed by atoms with van der Waals surface area (Å²) in [5.41, 5.74) is 0. The molecule has 1 rings (SSSR count). The quantitative estimate of drug-likeness (QED) is 0.664. The number of carbonyl (C=O) groups is 1. The molecular weight excluding hydrogens is 200 g/mol. The number of carbonyl (C=O) groups excluding carboxylic acids is 1. The summed E-state index contributed by atoms with van der Waals surface area (Å²) in [6.45, 7) is 5.23. The van der Waals surface area contributed by atoms with Crippen LogP contribution < -0.4 is 0 Å². The third-order valence-corrected chi connectivity index (χ3v) is 2.75. The number of nitrogens with zero attached hydrogens (tertiary/aromatic N) is 1. The second kappa shape index (κ2) is 4.29. The summed E-state index contributed by atoms with van der Waals surface area (Å²) in [7, 11) is 0. The van der Waals surface area contributed by atoms with Gasteiger partial charge in [0.15, 0.2) is 0 Å². The van der Waals surface area contributed by atoms with Crippen molar-refractivity contribution >= 4 is 5.91 Å². The van der Waals surface area contributed by atoms with Gasteiger partial charge >= 0.3 is 0 Å². The van der Waals surface area contributed by atoms with Gasteiger partial charge in [-0.3, -0.25) is 4.79 Å². The van der Waals surface area contributed by atoms with Crippen LogP contribution in [-0.4, -0.2) is 29.8 Å². The Hall–Kier alpha value is -0.930. The predicted octanol–water partition coefficient (Wildman–Crippen LogP) is 2.31. The first kappa shape index (κ1) is 12.1. The van der Waals surface area contributed by atoms with Crippen LogP contribution in [0, 0.1) is 11.8 Å². The van der Waals surface area contributed by atoms with Crippen molar-refractivity contribution in [2.45, 2.75) is 26.7 Å². The molecular formula is C11H17F2NO. The second-order valence-electron chi connectivity index (χ2n) is 4.51. The van der Waals surface area contributed by atoms with Crippen molar-refractivity contribution in [3.05, 3.63) is 12.2 Å². The number of amides is 1. The highest BCUT2D eigenvalue weighted by atomic mass is 19.3. The molecule has 0 radical (unpaired) electrons. The van der Waals surface area contributed by atoms with Crippen molar-refractivity contribution in [1.82, 2.24) is 4.90 Å². The molecule has 1 amide bonds. The average molecular weight is 217 g/mol. The second-order valence-corrected chi connectivity index (χ2v) is 4.51. The molecule has 1 atom stereocenters. The van der Waals surface area contributed by atoms with E-state index in [2.05, 4.69) is 13.8 Å². The number of likely N-dealkylation sites (tertiary alicyclic amines) is 1. The molecule has 4 heteroatoms. The SMILES string of the molecule is CC(C)[C@@H](C)/C=C/C(=O)N1CC(F)(F)C1. The Labute approximate surface area is 88.9 Å². The fourth-order valence-corrected chi connectivity index (χ4v) is 1.23. The van der Waals surface area contributed by atoms with Crippen molar-refractivity contribution in [2.24, 2.45) is 11.8 Å². The Bertz CT molecular complexity index is 266. The van der Waals surface area contributed by atoms with E-state index in [1.54, 1.807) is 6.08 Å². The standard InChI is InChI=1S/C11H17F2NO/c1-8(2)9(3)4-5-10(15)14-6-11(12,13)7-14/h4-5,8-9H,6-7H2,1-3H3/b5-4+/t9-/m0/s1. The number of hydrogen-bond donors (Lipinski definition) is 0. The predicted molar refractivity (Wildman–Crippen MR) is 54.7 cm³/mol. The molecule has 0 bridgehead atoms. The topological polar surface area (TPSA) is 20.3 Å². The van der Waals surface area contributed by atoms with Gasteiger partial charge in [0.25, 0.3) is 5.92 Å². The molecule has 0 aromatic carbocycles. The van der Waals surface area contributed by atoms with Crippen LogP contribution in [0.4, 0.5) is 8.78 Å². The number of hydrogen-bond acceptors (Lipinski definition) is 1.